The molecule has 0 fully saturated rings. The van der Waals surface area contributed by atoms with Gasteiger partial charge in [-0.3, -0.25) is 4.79 Å². The van der Waals surface area contributed by atoms with Crippen LogP contribution in [0.5, 0.6) is 0 Å². The molecule has 0 N–H and O–H groups in total. The van der Waals surface area contributed by atoms with Crippen molar-refractivity contribution in [3.05, 3.63) is 24.3 Å². The second-order valence-electron chi connectivity index (χ2n) is 2.45. The summed E-state index contributed by atoms with van der Waals surface area (Å²) in [5.74, 6) is -0.193. The molecule has 13 heavy (non-hydrogen) atoms. The highest BCUT2D eigenvalue weighted by Crippen LogP contribution is 1.97. The molecule has 4 nitrogen and oxygen atoms in total. The number of aryl methyl sites for hydroxylation is 1. The van der Waals surface area contributed by atoms with Crippen molar-refractivity contribution in [1.82, 2.24) is 9.97 Å². The molecule has 1 rings (SSSR count). The topological polar surface area (TPSA) is 52.1 Å². The van der Waals surface area contributed by atoms with Crippen molar-refractivity contribution in [3.8, 4) is 0 Å². The predicted molar refractivity (Wildman–Crippen MR) is 45.8 cm³/mol. The van der Waals surface area contributed by atoms with Gasteiger partial charge >= 0.3 is 5.97 Å². The Labute approximate surface area is 77.0 Å². The van der Waals surface area contributed by atoms with E-state index in [1.807, 2.05) is 0 Å². The van der Waals surface area contributed by atoms with E-state index < -0.39 is 0 Å². The first-order chi connectivity index (χ1) is 6.33. The molecule has 0 saturated carbocycles. The van der Waals surface area contributed by atoms with E-state index in [0.717, 1.165) is 5.69 Å². The fraction of sp³-hybridized carbons (Fsp3) is 0.444. The first-order valence-corrected chi connectivity index (χ1v) is 4.16. The maximum atomic E-state index is 10.9. The third-order valence-corrected chi connectivity index (χ3v) is 1.48. The predicted octanol–water partition coefficient (Wildman–Crippen LogP) is 0.772. The van der Waals surface area contributed by atoms with Crippen molar-refractivity contribution in [2.75, 3.05) is 6.61 Å². The average molecular weight is 179 g/mol. The third kappa shape index (κ3) is 3.64. The lowest BCUT2D eigenvalue weighted by molar-refractivity contribution is -0.143. The van der Waals surface area contributed by atoms with Crippen LogP contribution >= 0.6 is 0 Å². The second-order valence-corrected chi connectivity index (χ2v) is 2.45. The van der Waals surface area contributed by atoms with E-state index >= 15 is 0 Å². The van der Waals surface area contributed by atoms with E-state index in [4.69, 9.17) is 4.74 Å². The minimum Gasteiger partial charge on any atom is -0.466 e. The second kappa shape index (κ2) is 5.24. The first-order valence-electron chi connectivity index (χ1n) is 4.16. The summed E-state index contributed by atoms with van der Waals surface area (Å²) >= 11 is 0. The van der Waals surface area contributed by atoms with Crippen molar-refractivity contribution < 1.29 is 9.53 Å². The van der Waals surface area contributed by atoms with Crippen LogP contribution in [0.25, 0.3) is 0 Å². The Morgan fingerprint density at radius 1 is 1.69 bits per heavy atom. The molecular weight excluding hydrogens is 168 g/mol. The molecule has 0 spiro atoms. The third-order valence-electron chi connectivity index (χ3n) is 1.48. The van der Waals surface area contributed by atoms with Gasteiger partial charge in [0.25, 0.3) is 0 Å². The number of esters is 1. The summed E-state index contributed by atoms with van der Waals surface area (Å²) in [6.45, 7) is 2.21. The van der Waals surface area contributed by atoms with E-state index in [0.29, 0.717) is 19.4 Å². The van der Waals surface area contributed by atoms with Crippen LogP contribution in [0.1, 0.15) is 19.0 Å². The molecule has 0 amide bonds. The quantitative estimate of drug-likeness (QED) is 0.641. The Balaban J connectivity index is 2.31. The standard InChI is InChI=1S/C9H11N2O2/c1-2-13-9(12)4-3-8-5-6-10-7-11-8/h5-6H,2-4H2,1H3. The molecule has 0 atom stereocenters. The maximum absolute atomic E-state index is 10.9. The molecule has 0 aliphatic rings. The Morgan fingerprint density at radius 3 is 3.15 bits per heavy atom. The summed E-state index contributed by atoms with van der Waals surface area (Å²) in [5.41, 5.74) is 0.808. The fourth-order valence-corrected chi connectivity index (χ4v) is 0.890. The number of rotatable bonds is 4. The monoisotopic (exact) mass is 179 g/mol. The molecule has 1 aromatic rings. The lowest BCUT2D eigenvalue weighted by Crippen LogP contribution is -2.05. The molecule has 1 heterocycles. The molecule has 0 aliphatic heterocycles. The van der Waals surface area contributed by atoms with Gasteiger partial charge < -0.3 is 4.74 Å². The van der Waals surface area contributed by atoms with Crippen molar-refractivity contribution >= 4 is 5.97 Å². The number of ether oxygens (including phenoxy) is 1. The molecule has 1 radical (unpaired) electrons. The maximum Gasteiger partial charge on any atom is 0.306 e. The van der Waals surface area contributed by atoms with Gasteiger partial charge in [-0.15, -0.1) is 0 Å². The number of nitrogens with zero attached hydrogens (tertiary/aromatic N) is 2. The Kier molecular flexibility index (Phi) is 3.88. The van der Waals surface area contributed by atoms with Gasteiger partial charge in [0.05, 0.1) is 13.0 Å². The van der Waals surface area contributed by atoms with Gasteiger partial charge in [0, 0.05) is 18.3 Å². The summed E-state index contributed by atoms with van der Waals surface area (Å²) in [4.78, 5) is 18.5. The van der Waals surface area contributed by atoms with Gasteiger partial charge in [-0.25, -0.2) is 9.97 Å². The molecule has 0 aromatic carbocycles. The Morgan fingerprint density at radius 2 is 2.54 bits per heavy atom. The Bertz CT molecular complexity index is 262. The zero-order chi connectivity index (χ0) is 9.52. The smallest absolute Gasteiger partial charge is 0.306 e. The van der Waals surface area contributed by atoms with E-state index in [1.165, 1.54) is 0 Å². The van der Waals surface area contributed by atoms with E-state index in [1.54, 1.807) is 19.2 Å². The zero-order valence-electron chi connectivity index (χ0n) is 7.49. The highest BCUT2D eigenvalue weighted by molar-refractivity contribution is 5.69. The van der Waals surface area contributed by atoms with Crippen LogP contribution < -0.4 is 0 Å². The minimum atomic E-state index is -0.193. The summed E-state index contributed by atoms with van der Waals surface area (Å²) in [6, 6.07) is 1.76. The van der Waals surface area contributed by atoms with Gasteiger partial charge in [0.1, 0.15) is 0 Å². The summed E-state index contributed by atoms with van der Waals surface area (Å²) in [5, 5.41) is 0. The molecule has 4 heteroatoms. The molecule has 0 bridgehead atoms. The SMILES string of the molecule is CCOC(=O)CCc1ccn[c]n1. The molecule has 0 aliphatic carbocycles. The zero-order valence-corrected chi connectivity index (χ0v) is 7.49. The lowest BCUT2D eigenvalue weighted by atomic mass is 10.2. The van der Waals surface area contributed by atoms with E-state index in [-0.39, 0.29) is 5.97 Å². The van der Waals surface area contributed by atoms with Gasteiger partial charge in [-0.05, 0) is 13.0 Å². The molecule has 1 aromatic heterocycles. The van der Waals surface area contributed by atoms with Gasteiger partial charge in [-0.1, -0.05) is 0 Å². The van der Waals surface area contributed by atoms with Crippen molar-refractivity contribution in [2.45, 2.75) is 19.8 Å². The summed E-state index contributed by atoms with van der Waals surface area (Å²) in [7, 11) is 0. The lowest BCUT2D eigenvalue weighted by Gasteiger charge is -2.00. The molecule has 69 valence electrons. The molecule has 0 saturated heterocycles. The van der Waals surface area contributed by atoms with Crippen molar-refractivity contribution in [2.24, 2.45) is 0 Å². The van der Waals surface area contributed by atoms with E-state index in [2.05, 4.69) is 16.3 Å². The van der Waals surface area contributed by atoms with Gasteiger partial charge in [0.15, 0.2) is 6.33 Å². The number of hydrogen-bond acceptors (Lipinski definition) is 4. The molecular formula is C9H11N2O2. The first kappa shape index (κ1) is 9.64. The van der Waals surface area contributed by atoms with Crippen LogP contribution in [0.4, 0.5) is 0 Å². The number of carbonyl (C=O) groups excluding carboxylic acids is 1. The van der Waals surface area contributed by atoms with E-state index in [9.17, 15) is 4.79 Å². The van der Waals surface area contributed by atoms with Crippen LogP contribution in [0.3, 0.4) is 0 Å². The summed E-state index contributed by atoms with van der Waals surface area (Å²) in [6.07, 6.45) is 5.01. The largest absolute Gasteiger partial charge is 0.466 e. The fourth-order valence-electron chi connectivity index (χ4n) is 0.890. The highest BCUT2D eigenvalue weighted by Gasteiger charge is 2.02. The molecule has 0 unspecified atom stereocenters. The summed E-state index contributed by atoms with van der Waals surface area (Å²) < 4.78 is 4.77. The van der Waals surface area contributed by atoms with Gasteiger partial charge in [-0.2, -0.15) is 0 Å². The van der Waals surface area contributed by atoms with Crippen LogP contribution in [0, 0.1) is 6.33 Å². The Hall–Kier alpha value is -1.45. The van der Waals surface area contributed by atoms with Gasteiger partial charge in [0.2, 0.25) is 0 Å². The number of carbonyl (C=O) groups is 1. The average Bonchev–Trinajstić information content (AvgIpc) is 2.17. The minimum absolute atomic E-state index is 0.193. The van der Waals surface area contributed by atoms with Crippen molar-refractivity contribution in [3.63, 3.8) is 0 Å². The van der Waals surface area contributed by atoms with Crippen LogP contribution in [0.15, 0.2) is 12.3 Å². The van der Waals surface area contributed by atoms with Crippen LogP contribution in [0.2, 0.25) is 0 Å². The van der Waals surface area contributed by atoms with Crippen LogP contribution in [-0.4, -0.2) is 22.5 Å². The van der Waals surface area contributed by atoms with Crippen molar-refractivity contribution in [1.29, 1.82) is 0 Å². The number of aromatic nitrogens is 2. The number of hydrogen-bond donors (Lipinski definition) is 0. The normalized spacial score (nSPS) is 9.62. The van der Waals surface area contributed by atoms with Crippen LogP contribution in [-0.2, 0) is 16.0 Å². The highest BCUT2D eigenvalue weighted by atomic mass is 16.5.